The molecule has 26 heavy (non-hydrogen) atoms. The van der Waals surface area contributed by atoms with Crippen LogP contribution >= 0.6 is 0 Å². The highest BCUT2D eigenvalue weighted by Crippen LogP contribution is 2.23. The smallest absolute Gasteiger partial charge is 0.0544 e. The van der Waals surface area contributed by atoms with Crippen LogP contribution < -0.4 is 0 Å². The minimum atomic E-state index is 0.181. The lowest BCUT2D eigenvalue weighted by Gasteiger charge is -2.23. The SMILES string of the molecule is CC(C)(C)c1ccc(CN(Cc2ccccn2)Cc2ccccn2)cc1. The highest BCUT2D eigenvalue weighted by Gasteiger charge is 2.14. The summed E-state index contributed by atoms with van der Waals surface area (Å²) in [6.07, 6.45) is 3.71. The van der Waals surface area contributed by atoms with E-state index in [0.717, 1.165) is 31.0 Å². The normalized spacial score (nSPS) is 11.7. The second kappa shape index (κ2) is 8.24. The highest BCUT2D eigenvalue weighted by molar-refractivity contribution is 5.27. The predicted octanol–water partition coefficient (Wildman–Crippen LogP) is 4.98. The van der Waals surface area contributed by atoms with Crippen molar-refractivity contribution in [3.8, 4) is 0 Å². The minimum Gasteiger partial charge on any atom is -0.287 e. The van der Waals surface area contributed by atoms with E-state index in [1.165, 1.54) is 11.1 Å². The zero-order valence-corrected chi connectivity index (χ0v) is 15.9. The number of rotatable bonds is 6. The van der Waals surface area contributed by atoms with Crippen molar-refractivity contribution in [3.63, 3.8) is 0 Å². The molecule has 0 saturated carbocycles. The van der Waals surface area contributed by atoms with Crippen LogP contribution in [0, 0.1) is 0 Å². The van der Waals surface area contributed by atoms with Crippen LogP contribution in [-0.4, -0.2) is 14.9 Å². The lowest BCUT2D eigenvalue weighted by atomic mass is 9.87. The Morgan fingerprint density at radius 1 is 0.692 bits per heavy atom. The zero-order chi connectivity index (χ0) is 18.4. The molecule has 0 saturated heterocycles. The van der Waals surface area contributed by atoms with Crippen molar-refractivity contribution in [2.45, 2.75) is 45.8 Å². The molecule has 0 unspecified atom stereocenters. The van der Waals surface area contributed by atoms with Crippen molar-refractivity contribution in [1.82, 2.24) is 14.9 Å². The molecule has 0 amide bonds. The van der Waals surface area contributed by atoms with E-state index in [4.69, 9.17) is 0 Å². The van der Waals surface area contributed by atoms with Crippen molar-refractivity contribution < 1.29 is 0 Å². The zero-order valence-electron chi connectivity index (χ0n) is 15.9. The van der Waals surface area contributed by atoms with Crippen LogP contribution in [0.3, 0.4) is 0 Å². The highest BCUT2D eigenvalue weighted by atomic mass is 15.1. The Hall–Kier alpha value is -2.52. The Bertz CT molecular complexity index is 749. The average Bonchev–Trinajstić information content (AvgIpc) is 2.63. The molecule has 0 bridgehead atoms. The molecule has 0 aliphatic rings. The van der Waals surface area contributed by atoms with E-state index >= 15 is 0 Å². The maximum absolute atomic E-state index is 4.49. The summed E-state index contributed by atoms with van der Waals surface area (Å²) in [5.41, 5.74) is 5.01. The molecule has 2 aromatic heterocycles. The number of benzene rings is 1. The summed E-state index contributed by atoms with van der Waals surface area (Å²) in [6, 6.07) is 21.1. The van der Waals surface area contributed by atoms with E-state index in [-0.39, 0.29) is 5.41 Å². The first kappa shape index (κ1) is 18.3. The second-order valence-electron chi connectivity index (χ2n) is 7.73. The summed E-state index contributed by atoms with van der Waals surface area (Å²) in [5.74, 6) is 0. The summed E-state index contributed by atoms with van der Waals surface area (Å²) in [5, 5.41) is 0. The van der Waals surface area contributed by atoms with Gasteiger partial charge in [-0.1, -0.05) is 57.2 Å². The molecule has 0 atom stereocenters. The van der Waals surface area contributed by atoms with E-state index in [1.807, 2.05) is 36.7 Å². The van der Waals surface area contributed by atoms with Crippen LogP contribution in [-0.2, 0) is 25.0 Å². The molecule has 3 heteroatoms. The molecule has 134 valence electrons. The largest absolute Gasteiger partial charge is 0.287 e. The molecule has 3 aromatic rings. The third kappa shape index (κ3) is 5.24. The Morgan fingerprint density at radius 2 is 1.23 bits per heavy atom. The van der Waals surface area contributed by atoms with Crippen molar-refractivity contribution >= 4 is 0 Å². The summed E-state index contributed by atoms with van der Waals surface area (Å²) in [7, 11) is 0. The summed E-state index contributed by atoms with van der Waals surface area (Å²) < 4.78 is 0. The standard InChI is InChI=1S/C23H27N3/c1-23(2,3)20-12-10-19(11-13-20)16-26(17-21-8-4-6-14-24-21)18-22-9-5-7-15-25-22/h4-15H,16-18H2,1-3H3. The van der Waals surface area contributed by atoms with Gasteiger partial charge >= 0.3 is 0 Å². The maximum atomic E-state index is 4.49. The van der Waals surface area contributed by atoms with Gasteiger partial charge in [-0.15, -0.1) is 0 Å². The van der Waals surface area contributed by atoms with Gasteiger partial charge in [0.25, 0.3) is 0 Å². The molecule has 0 aliphatic carbocycles. The van der Waals surface area contributed by atoms with Gasteiger partial charge in [0, 0.05) is 32.0 Å². The summed E-state index contributed by atoms with van der Waals surface area (Å²) in [6.45, 7) is 9.22. The van der Waals surface area contributed by atoms with Gasteiger partial charge in [0.1, 0.15) is 0 Å². The number of nitrogens with zero attached hydrogens (tertiary/aromatic N) is 3. The average molecular weight is 345 g/mol. The molecule has 1 aromatic carbocycles. The molecule has 2 heterocycles. The lowest BCUT2D eigenvalue weighted by Crippen LogP contribution is -2.23. The second-order valence-corrected chi connectivity index (χ2v) is 7.73. The molecule has 0 spiro atoms. The first-order valence-electron chi connectivity index (χ1n) is 9.12. The third-order valence-corrected chi connectivity index (χ3v) is 4.45. The topological polar surface area (TPSA) is 29.0 Å². The molecule has 0 N–H and O–H groups in total. The fraction of sp³-hybridized carbons (Fsp3) is 0.304. The molecular weight excluding hydrogens is 318 g/mol. The maximum Gasteiger partial charge on any atom is 0.0544 e. The molecule has 0 aliphatic heterocycles. The molecular formula is C23H27N3. The first-order valence-corrected chi connectivity index (χ1v) is 9.12. The van der Waals surface area contributed by atoms with Crippen molar-refractivity contribution in [3.05, 3.63) is 95.6 Å². The van der Waals surface area contributed by atoms with Gasteiger partial charge in [0.2, 0.25) is 0 Å². The van der Waals surface area contributed by atoms with Crippen LogP contribution in [0.5, 0.6) is 0 Å². The van der Waals surface area contributed by atoms with E-state index in [1.54, 1.807) is 0 Å². The third-order valence-electron chi connectivity index (χ3n) is 4.45. The Labute approximate surface area is 156 Å². The number of pyridine rings is 2. The number of hydrogen-bond donors (Lipinski definition) is 0. The van der Waals surface area contributed by atoms with Crippen molar-refractivity contribution in [2.75, 3.05) is 0 Å². The Kier molecular flexibility index (Phi) is 5.79. The van der Waals surface area contributed by atoms with Gasteiger partial charge in [-0.3, -0.25) is 14.9 Å². The van der Waals surface area contributed by atoms with Gasteiger partial charge in [-0.05, 0) is 40.8 Å². The summed E-state index contributed by atoms with van der Waals surface area (Å²) >= 11 is 0. The van der Waals surface area contributed by atoms with E-state index in [9.17, 15) is 0 Å². The first-order chi connectivity index (χ1) is 12.5. The molecule has 3 rings (SSSR count). The minimum absolute atomic E-state index is 0.181. The molecule has 0 radical (unpaired) electrons. The van der Waals surface area contributed by atoms with E-state index < -0.39 is 0 Å². The fourth-order valence-corrected chi connectivity index (χ4v) is 2.98. The lowest BCUT2D eigenvalue weighted by molar-refractivity contribution is 0.241. The molecule has 3 nitrogen and oxygen atoms in total. The Morgan fingerprint density at radius 3 is 1.65 bits per heavy atom. The van der Waals surface area contributed by atoms with Crippen molar-refractivity contribution in [1.29, 1.82) is 0 Å². The van der Waals surface area contributed by atoms with Crippen LogP contribution in [0.25, 0.3) is 0 Å². The van der Waals surface area contributed by atoms with Crippen LogP contribution in [0.4, 0.5) is 0 Å². The van der Waals surface area contributed by atoms with Gasteiger partial charge in [-0.25, -0.2) is 0 Å². The van der Waals surface area contributed by atoms with Crippen LogP contribution in [0.1, 0.15) is 43.3 Å². The molecule has 0 fully saturated rings. The quantitative estimate of drug-likeness (QED) is 0.631. The van der Waals surface area contributed by atoms with Gasteiger partial charge in [0.15, 0.2) is 0 Å². The van der Waals surface area contributed by atoms with Crippen molar-refractivity contribution in [2.24, 2.45) is 0 Å². The summed E-state index contributed by atoms with van der Waals surface area (Å²) in [4.78, 5) is 11.4. The van der Waals surface area contributed by atoms with Crippen LogP contribution in [0.15, 0.2) is 73.1 Å². The monoisotopic (exact) mass is 345 g/mol. The van der Waals surface area contributed by atoms with Gasteiger partial charge in [0.05, 0.1) is 11.4 Å². The Balaban J connectivity index is 1.76. The fourth-order valence-electron chi connectivity index (χ4n) is 2.98. The van der Waals surface area contributed by atoms with Crippen LogP contribution in [0.2, 0.25) is 0 Å². The van der Waals surface area contributed by atoms with Gasteiger partial charge in [-0.2, -0.15) is 0 Å². The van der Waals surface area contributed by atoms with Gasteiger partial charge < -0.3 is 0 Å². The number of hydrogen-bond acceptors (Lipinski definition) is 3. The van der Waals surface area contributed by atoms with E-state index in [0.29, 0.717) is 0 Å². The predicted molar refractivity (Wildman–Crippen MR) is 107 cm³/mol. The number of aromatic nitrogens is 2. The van der Waals surface area contributed by atoms with E-state index in [2.05, 4.69) is 72.0 Å².